The van der Waals surface area contributed by atoms with E-state index in [-0.39, 0.29) is 11.9 Å². The lowest BCUT2D eigenvalue weighted by molar-refractivity contribution is -0.160. The highest BCUT2D eigenvalue weighted by Gasteiger charge is 2.43. The standard InChI is InChI=1S/C17H29N5O3/c1-4-14-19-15(25-20-14)13(2)21-9-11-22(12-10-21)16(23)17(24-3)5-7-18-8-6-17/h13,18H,4-12H2,1-3H3. The van der Waals surface area contributed by atoms with Crippen molar-refractivity contribution in [3.05, 3.63) is 11.7 Å². The van der Waals surface area contributed by atoms with E-state index < -0.39 is 5.60 Å². The second-order valence-electron chi connectivity index (χ2n) is 6.85. The highest BCUT2D eigenvalue weighted by atomic mass is 16.5. The first-order valence-corrected chi connectivity index (χ1v) is 9.21. The van der Waals surface area contributed by atoms with Crippen molar-refractivity contribution in [1.29, 1.82) is 0 Å². The lowest BCUT2D eigenvalue weighted by atomic mass is 9.90. The molecule has 1 atom stereocenters. The Hall–Kier alpha value is -1.51. The van der Waals surface area contributed by atoms with Gasteiger partial charge < -0.3 is 19.5 Å². The van der Waals surface area contributed by atoms with Crippen molar-refractivity contribution in [2.45, 2.75) is 44.8 Å². The van der Waals surface area contributed by atoms with Gasteiger partial charge in [-0.2, -0.15) is 4.98 Å². The van der Waals surface area contributed by atoms with Gasteiger partial charge in [0, 0.05) is 39.7 Å². The van der Waals surface area contributed by atoms with Crippen LogP contribution in [0.3, 0.4) is 0 Å². The molecule has 2 aliphatic rings. The Morgan fingerprint density at radius 1 is 1.32 bits per heavy atom. The first-order chi connectivity index (χ1) is 12.1. The summed E-state index contributed by atoms with van der Waals surface area (Å²) in [4.78, 5) is 21.7. The molecule has 2 fully saturated rings. The molecule has 1 aromatic heterocycles. The Morgan fingerprint density at radius 2 is 2.00 bits per heavy atom. The van der Waals surface area contributed by atoms with E-state index >= 15 is 0 Å². The summed E-state index contributed by atoms with van der Waals surface area (Å²) in [7, 11) is 1.66. The summed E-state index contributed by atoms with van der Waals surface area (Å²) < 4.78 is 11.0. The van der Waals surface area contributed by atoms with E-state index in [9.17, 15) is 4.79 Å². The summed E-state index contributed by atoms with van der Waals surface area (Å²) in [5.41, 5.74) is -0.651. The largest absolute Gasteiger partial charge is 0.368 e. The van der Waals surface area contributed by atoms with Gasteiger partial charge in [-0.25, -0.2) is 0 Å². The highest BCUT2D eigenvalue weighted by molar-refractivity contribution is 5.85. The third-order valence-electron chi connectivity index (χ3n) is 5.50. The first kappa shape index (κ1) is 18.3. The third-order valence-corrected chi connectivity index (χ3v) is 5.50. The smallest absolute Gasteiger partial charge is 0.254 e. The number of methoxy groups -OCH3 is 1. The van der Waals surface area contributed by atoms with Gasteiger partial charge >= 0.3 is 0 Å². The molecule has 3 heterocycles. The van der Waals surface area contributed by atoms with Gasteiger partial charge in [0.15, 0.2) is 5.82 Å². The Morgan fingerprint density at radius 3 is 2.56 bits per heavy atom. The third kappa shape index (κ3) is 3.70. The number of ether oxygens (including phenoxy) is 1. The van der Waals surface area contributed by atoms with Crippen molar-refractivity contribution in [1.82, 2.24) is 25.3 Å². The van der Waals surface area contributed by atoms with Crippen LogP contribution in [0, 0.1) is 0 Å². The predicted molar refractivity (Wildman–Crippen MR) is 92.1 cm³/mol. The summed E-state index contributed by atoms with van der Waals surface area (Å²) in [5.74, 6) is 1.53. The molecule has 140 valence electrons. The van der Waals surface area contributed by atoms with Crippen molar-refractivity contribution in [3.8, 4) is 0 Å². The topological polar surface area (TPSA) is 83.7 Å². The van der Waals surface area contributed by atoms with Gasteiger partial charge in [0.05, 0.1) is 6.04 Å². The number of rotatable bonds is 5. The van der Waals surface area contributed by atoms with E-state index in [1.54, 1.807) is 7.11 Å². The monoisotopic (exact) mass is 351 g/mol. The van der Waals surface area contributed by atoms with E-state index in [1.165, 1.54) is 0 Å². The lowest BCUT2D eigenvalue weighted by Crippen LogP contribution is -2.59. The fourth-order valence-corrected chi connectivity index (χ4v) is 3.67. The van der Waals surface area contributed by atoms with Crippen molar-refractivity contribution in [2.24, 2.45) is 0 Å². The van der Waals surface area contributed by atoms with Crippen LogP contribution in [0.5, 0.6) is 0 Å². The number of aryl methyl sites for hydroxylation is 1. The van der Waals surface area contributed by atoms with Gasteiger partial charge in [-0.1, -0.05) is 12.1 Å². The molecule has 25 heavy (non-hydrogen) atoms. The van der Waals surface area contributed by atoms with Gasteiger partial charge in [-0.05, 0) is 32.9 Å². The molecule has 0 bridgehead atoms. The summed E-state index contributed by atoms with van der Waals surface area (Å²) in [6.07, 6.45) is 2.24. The molecule has 1 aromatic rings. The zero-order valence-corrected chi connectivity index (χ0v) is 15.5. The number of aromatic nitrogens is 2. The number of piperidine rings is 1. The van der Waals surface area contributed by atoms with E-state index in [4.69, 9.17) is 9.26 Å². The molecular formula is C17H29N5O3. The van der Waals surface area contributed by atoms with E-state index in [0.29, 0.717) is 19.0 Å². The Kier molecular flexibility index (Phi) is 5.71. The fraction of sp³-hybridized carbons (Fsp3) is 0.824. The van der Waals surface area contributed by atoms with E-state index in [1.807, 2.05) is 11.8 Å². The molecule has 3 rings (SSSR count). The number of hydrogen-bond acceptors (Lipinski definition) is 7. The number of piperazine rings is 1. The highest BCUT2D eigenvalue weighted by Crippen LogP contribution is 2.27. The summed E-state index contributed by atoms with van der Waals surface area (Å²) in [6, 6.07) is 0.0697. The molecule has 8 nitrogen and oxygen atoms in total. The van der Waals surface area contributed by atoms with E-state index in [2.05, 4.69) is 27.3 Å². The predicted octanol–water partition coefficient (Wildman–Crippen LogP) is 0.606. The zero-order chi connectivity index (χ0) is 17.9. The average molecular weight is 351 g/mol. The molecule has 1 amide bonds. The van der Waals surface area contributed by atoms with Crippen LogP contribution < -0.4 is 5.32 Å². The molecule has 0 aromatic carbocycles. The second-order valence-corrected chi connectivity index (χ2v) is 6.85. The van der Waals surface area contributed by atoms with Crippen LogP contribution >= 0.6 is 0 Å². The van der Waals surface area contributed by atoms with Crippen LogP contribution in [0.4, 0.5) is 0 Å². The van der Waals surface area contributed by atoms with Gasteiger partial charge in [-0.15, -0.1) is 0 Å². The minimum absolute atomic E-state index is 0.0697. The molecule has 8 heteroatoms. The molecule has 0 aliphatic carbocycles. The number of carbonyl (C=O) groups is 1. The van der Waals surface area contributed by atoms with Crippen LogP contribution in [0.1, 0.15) is 44.4 Å². The minimum Gasteiger partial charge on any atom is -0.368 e. The second kappa shape index (κ2) is 7.80. The van der Waals surface area contributed by atoms with E-state index in [0.717, 1.165) is 51.3 Å². The van der Waals surface area contributed by atoms with Crippen molar-refractivity contribution >= 4 is 5.91 Å². The van der Waals surface area contributed by atoms with Crippen LogP contribution in [0.15, 0.2) is 4.52 Å². The fourth-order valence-electron chi connectivity index (χ4n) is 3.67. The van der Waals surface area contributed by atoms with Crippen LogP contribution in [-0.2, 0) is 16.0 Å². The van der Waals surface area contributed by atoms with Gasteiger partial charge in [0.2, 0.25) is 5.89 Å². The van der Waals surface area contributed by atoms with Gasteiger partial charge in [-0.3, -0.25) is 9.69 Å². The molecule has 2 aliphatic heterocycles. The van der Waals surface area contributed by atoms with Gasteiger partial charge in [0.1, 0.15) is 5.60 Å². The van der Waals surface area contributed by atoms with Gasteiger partial charge in [0.25, 0.3) is 5.91 Å². The normalized spacial score (nSPS) is 22.8. The minimum atomic E-state index is -0.651. The average Bonchev–Trinajstić information content (AvgIpc) is 3.17. The SMILES string of the molecule is CCc1noc(C(C)N2CCN(C(=O)C3(OC)CCNCC3)CC2)n1. The van der Waals surface area contributed by atoms with Crippen molar-refractivity contribution in [3.63, 3.8) is 0 Å². The summed E-state index contributed by atoms with van der Waals surface area (Å²) >= 11 is 0. The zero-order valence-electron chi connectivity index (χ0n) is 15.5. The van der Waals surface area contributed by atoms with Crippen LogP contribution in [-0.4, -0.2) is 77.8 Å². The molecule has 0 spiro atoms. The Labute approximate surface area is 148 Å². The number of nitrogens with one attached hydrogen (secondary N) is 1. The molecule has 2 saturated heterocycles. The molecule has 1 N–H and O–H groups in total. The van der Waals surface area contributed by atoms with Crippen molar-refractivity contribution < 1.29 is 14.1 Å². The quantitative estimate of drug-likeness (QED) is 0.832. The molecule has 0 radical (unpaired) electrons. The van der Waals surface area contributed by atoms with Crippen molar-refractivity contribution in [2.75, 3.05) is 46.4 Å². The Balaban J connectivity index is 1.58. The summed E-state index contributed by atoms with van der Waals surface area (Å²) in [5, 5.41) is 7.27. The lowest BCUT2D eigenvalue weighted by Gasteiger charge is -2.42. The van der Waals surface area contributed by atoms with Crippen LogP contribution in [0.25, 0.3) is 0 Å². The molecule has 1 unspecified atom stereocenters. The number of amides is 1. The maximum Gasteiger partial charge on any atom is 0.254 e. The molecular weight excluding hydrogens is 322 g/mol. The maximum atomic E-state index is 13.0. The number of carbonyl (C=O) groups excluding carboxylic acids is 1. The van der Waals surface area contributed by atoms with Crippen LogP contribution in [0.2, 0.25) is 0 Å². The maximum absolute atomic E-state index is 13.0. The Bertz CT molecular complexity index is 577. The number of nitrogens with zero attached hydrogens (tertiary/aromatic N) is 4. The summed E-state index contributed by atoms with van der Waals surface area (Å²) in [6.45, 7) is 8.75. The first-order valence-electron chi connectivity index (χ1n) is 9.21. The number of hydrogen-bond donors (Lipinski definition) is 1. The molecule has 0 saturated carbocycles.